The van der Waals surface area contributed by atoms with E-state index in [4.69, 9.17) is 0 Å². The Kier molecular flexibility index (Phi) is 1.72. The van der Waals surface area contributed by atoms with Gasteiger partial charge in [0.2, 0.25) is 0 Å². The van der Waals surface area contributed by atoms with Gasteiger partial charge < -0.3 is 5.11 Å². The molecule has 88 valence electrons. The fourth-order valence-corrected chi connectivity index (χ4v) is 3.35. The number of carbonyl (C=O) groups is 1. The summed E-state index contributed by atoms with van der Waals surface area (Å²) in [4.78, 5) is 12.3. The van der Waals surface area contributed by atoms with Gasteiger partial charge in [-0.05, 0) is 23.1 Å². The van der Waals surface area contributed by atoms with E-state index in [2.05, 4.69) is 0 Å². The second-order valence-corrected chi connectivity index (χ2v) is 5.02. The maximum Gasteiger partial charge on any atom is 0.175 e. The number of rotatable bonds is 0. The summed E-state index contributed by atoms with van der Waals surface area (Å²) in [5, 5.41) is 11.0. The highest BCUT2D eigenvalue weighted by atomic mass is 16.3. The number of hydrogen-bond donors (Lipinski definition) is 1. The van der Waals surface area contributed by atoms with Crippen molar-refractivity contribution >= 4 is 5.78 Å². The number of aryl methyl sites for hydroxylation is 1. The minimum atomic E-state index is -1.40. The number of carbonyl (C=O) groups excluding carboxylic acids is 1. The summed E-state index contributed by atoms with van der Waals surface area (Å²) in [6.45, 7) is 0. The Labute approximate surface area is 105 Å². The highest BCUT2D eigenvalue weighted by Gasteiger charge is 2.50. The average molecular weight is 236 g/mol. The van der Waals surface area contributed by atoms with Crippen molar-refractivity contribution in [3.63, 3.8) is 0 Å². The SMILES string of the molecule is O=C1CCc2cccc3c2C1(O)c1ccccc1-3. The molecule has 2 aromatic rings. The first kappa shape index (κ1) is 10.0. The van der Waals surface area contributed by atoms with Crippen molar-refractivity contribution in [2.75, 3.05) is 0 Å². The standard InChI is InChI=1S/C16H12O2/c17-14-9-8-10-4-3-6-12-11-5-1-2-7-13(11)16(14,18)15(10)12/h1-7,18H,8-9H2. The molecule has 0 saturated heterocycles. The lowest BCUT2D eigenvalue weighted by Gasteiger charge is -2.30. The van der Waals surface area contributed by atoms with Crippen molar-refractivity contribution in [3.05, 3.63) is 59.2 Å². The highest BCUT2D eigenvalue weighted by molar-refractivity contribution is 6.02. The van der Waals surface area contributed by atoms with Crippen molar-refractivity contribution in [3.8, 4) is 11.1 Å². The predicted octanol–water partition coefficient (Wildman–Crippen LogP) is 2.42. The van der Waals surface area contributed by atoms with Crippen LogP contribution in [0.2, 0.25) is 0 Å². The number of ketones is 1. The molecule has 18 heavy (non-hydrogen) atoms. The van der Waals surface area contributed by atoms with Crippen molar-refractivity contribution in [1.82, 2.24) is 0 Å². The molecule has 2 aromatic carbocycles. The van der Waals surface area contributed by atoms with Crippen LogP contribution in [-0.4, -0.2) is 10.9 Å². The number of benzene rings is 2. The number of hydrogen-bond acceptors (Lipinski definition) is 2. The Morgan fingerprint density at radius 1 is 0.944 bits per heavy atom. The van der Waals surface area contributed by atoms with Crippen LogP contribution >= 0.6 is 0 Å². The van der Waals surface area contributed by atoms with E-state index in [1.807, 2.05) is 42.5 Å². The maximum absolute atomic E-state index is 12.3. The van der Waals surface area contributed by atoms with E-state index in [-0.39, 0.29) is 5.78 Å². The first-order valence-electron chi connectivity index (χ1n) is 6.21. The smallest absolute Gasteiger partial charge is 0.175 e. The zero-order valence-corrected chi connectivity index (χ0v) is 9.81. The summed E-state index contributed by atoms with van der Waals surface area (Å²) < 4.78 is 0. The van der Waals surface area contributed by atoms with Crippen LogP contribution in [0.25, 0.3) is 11.1 Å². The molecule has 2 heteroatoms. The second kappa shape index (κ2) is 3.09. The van der Waals surface area contributed by atoms with Gasteiger partial charge in [-0.3, -0.25) is 4.79 Å². The molecule has 0 bridgehead atoms. The minimum absolute atomic E-state index is 0.0765. The topological polar surface area (TPSA) is 37.3 Å². The van der Waals surface area contributed by atoms with Gasteiger partial charge in [-0.1, -0.05) is 42.5 Å². The van der Waals surface area contributed by atoms with Gasteiger partial charge in [0.25, 0.3) is 0 Å². The van der Waals surface area contributed by atoms with Crippen molar-refractivity contribution in [1.29, 1.82) is 0 Å². The third-order valence-corrected chi connectivity index (χ3v) is 4.14. The Bertz CT molecular complexity index is 687. The van der Waals surface area contributed by atoms with Crippen LogP contribution in [-0.2, 0) is 16.8 Å². The first-order valence-corrected chi connectivity index (χ1v) is 6.21. The molecule has 2 aliphatic rings. The fourth-order valence-electron chi connectivity index (χ4n) is 3.35. The molecule has 0 fully saturated rings. The third-order valence-electron chi connectivity index (χ3n) is 4.14. The first-order chi connectivity index (χ1) is 8.73. The van der Waals surface area contributed by atoms with Crippen molar-refractivity contribution in [2.45, 2.75) is 18.4 Å². The van der Waals surface area contributed by atoms with Crippen molar-refractivity contribution in [2.24, 2.45) is 0 Å². The molecule has 1 N–H and O–H groups in total. The van der Waals surface area contributed by atoms with E-state index in [1.165, 1.54) is 0 Å². The lowest BCUT2D eigenvalue weighted by molar-refractivity contribution is -0.134. The Morgan fingerprint density at radius 2 is 1.72 bits per heavy atom. The Hall–Kier alpha value is -1.93. The lowest BCUT2D eigenvalue weighted by Crippen LogP contribution is -2.39. The maximum atomic E-state index is 12.3. The van der Waals surface area contributed by atoms with Gasteiger partial charge in [0.05, 0.1) is 0 Å². The quantitative estimate of drug-likeness (QED) is 0.762. The van der Waals surface area contributed by atoms with Crippen LogP contribution < -0.4 is 0 Å². The third kappa shape index (κ3) is 0.959. The van der Waals surface area contributed by atoms with Crippen LogP contribution in [0.4, 0.5) is 0 Å². The van der Waals surface area contributed by atoms with Gasteiger partial charge in [0.15, 0.2) is 11.4 Å². The summed E-state index contributed by atoms with van der Waals surface area (Å²) in [6.07, 6.45) is 1.15. The van der Waals surface area contributed by atoms with Gasteiger partial charge in [-0.25, -0.2) is 0 Å². The van der Waals surface area contributed by atoms with E-state index in [9.17, 15) is 9.90 Å². The number of fused-ring (bicyclic) bond motifs is 3. The van der Waals surface area contributed by atoms with Gasteiger partial charge >= 0.3 is 0 Å². The molecule has 0 aliphatic heterocycles. The Balaban J connectivity index is 2.20. The van der Waals surface area contributed by atoms with Gasteiger partial charge in [0.1, 0.15) is 0 Å². The van der Waals surface area contributed by atoms with E-state index >= 15 is 0 Å². The van der Waals surface area contributed by atoms with Gasteiger partial charge in [-0.2, -0.15) is 0 Å². The van der Waals surface area contributed by atoms with E-state index < -0.39 is 5.60 Å². The predicted molar refractivity (Wildman–Crippen MR) is 68.2 cm³/mol. The van der Waals surface area contributed by atoms with Crippen LogP contribution in [0, 0.1) is 0 Å². The normalized spacial score (nSPS) is 23.7. The monoisotopic (exact) mass is 236 g/mol. The molecule has 4 rings (SSSR count). The molecule has 1 atom stereocenters. The van der Waals surface area contributed by atoms with Crippen LogP contribution in [0.3, 0.4) is 0 Å². The van der Waals surface area contributed by atoms with Crippen LogP contribution in [0.15, 0.2) is 42.5 Å². The molecule has 2 nitrogen and oxygen atoms in total. The van der Waals surface area contributed by atoms with E-state index in [0.717, 1.165) is 34.2 Å². The minimum Gasteiger partial charge on any atom is -0.373 e. The summed E-state index contributed by atoms with van der Waals surface area (Å²) in [6, 6.07) is 13.7. The molecule has 0 aromatic heterocycles. The van der Waals surface area contributed by atoms with Crippen molar-refractivity contribution < 1.29 is 9.90 Å². The molecule has 2 aliphatic carbocycles. The molecular weight excluding hydrogens is 224 g/mol. The molecule has 0 heterocycles. The summed E-state index contributed by atoms with van der Waals surface area (Å²) in [5.74, 6) is -0.0765. The molecule has 0 amide bonds. The molecule has 1 unspecified atom stereocenters. The van der Waals surface area contributed by atoms with Crippen LogP contribution in [0.1, 0.15) is 23.1 Å². The summed E-state index contributed by atoms with van der Waals surface area (Å²) in [5.41, 5.74) is 3.27. The largest absolute Gasteiger partial charge is 0.373 e. The highest BCUT2D eigenvalue weighted by Crippen LogP contribution is 2.51. The lowest BCUT2D eigenvalue weighted by atomic mass is 9.77. The molecular formula is C16H12O2. The zero-order valence-electron chi connectivity index (χ0n) is 9.81. The number of Topliss-reactive ketones (excluding diaryl/α,β-unsaturated/α-hetero) is 1. The van der Waals surface area contributed by atoms with E-state index in [0.29, 0.717) is 6.42 Å². The average Bonchev–Trinajstić information content (AvgIpc) is 2.68. The number of aliphatic hydroxyl groups is 1. The zero-order chi connectivity index (χ0) is 12.3. The molecule has 0 saturated carbocycles. The molecule has 0 radical (unpaired) electrons. The second-order valence-electron chi connectivity index (χ2n) is 5.02. The Morgan fingerprint density at radius 3 is 2.61 bits per heavy atom. The van der Waals surface area contributed by atoms with Gasteiger partial charge in [-0.15, -0.1) is 0 Å². The summed E-state index contributed by atoms with van der Waals surface area (Å²) in [7, 11) is 0. The summed E-state index contributed by atoms with van der Waals surface area (Å²) >= 11 is 0. The van der Waals surface area contributed by atoms with Crippen LogP contribution in [0.5, 0.6) is 0 Å². The van der Waals surface area contributed by atoms with E-state index in [1.54, 1.807) is 0 Å². The van der Waals surface area contributed by atoms with Gasteiger partial charge in [0, 0.05) is 17.5 Å². The fraction of sp³-hybridized carbons (Fsp3) is 0.188. The molecule has 0 spiro atoms.